The Balaban J connectivity index is 1.76. The van der Waals surface area contributed by atoms with Crippen molar-refractivity contribution < 1.29 is 13.9 Å². The van der Waals surface area contributed by atoms with Gasteiger partial charge < -0.3 is 9.30 Å². The quantitative estimate of drug-likeness (QED) is 0.549. The number of carbonyl (C=O) groups is 1. The highest BCUT2D eigenvalue weighted by atomic mass is 19.1. The highest BCUT2D eigenvalue weighted by Gasteiger charge is 2.10. The second-order valence-corrected chi connectivity index (χ2v) is 6.07. The summed E-state index contributed by atoms with van der Waals surface area (Å²) in [4.78, 5) is 12.0. The molecule has 0 aliphatic rings. The van der Waals surface area contributed by atoms with Crippen molar-refractivity contribution in [1.82, 2.24) is 9.99 Å². The largest absolute Gasteiger partial charge is 0.497 e. The van der Waals surface area contributed by atoms with Crippen LogP contribution in [0.2, 0.25) is 0 Å². The van der Waals surface area contributed by atoms with E-state index < -0.39 is 5.91 Å². The van der Waals surface area contributed by atoms with Crippen LogP contribution in [0.15, 0.2) is 59.7 Å². The van der Waals surface area contributed by atoms with Gasteiger partial charge in [0.05, 0.1) is 13.3 Å². The van der Waals surface area contributed by atoms with Crippen molar-refractivity contribution in [3.8, 4) is 11.4 Å². The molecular formula is C21H20FN3O2. The van der Waals surface area contributed by atoms with E-state index in [1.165, 1.54) is 24.3 Å². The van der Waals surface area contributed by atoms with Crippen LogP contribution >= 0.6 is 0 Å². The Labute approximate surface area is 157 Å². The number of hydrazone groups is 1. The second kappa shape index (κ2) is 7.86. The number of ether oxygens (including phenoxy) is 1. The smallest absolute Gasteiger partial charge is 0.271 e. The molecule has 0 saturated carbocycles. The molecule has 0 aliphatic heterocycles. The van der Waals surface area contributed by atoms with Crippen molar-refractivity contribution in [2.24, 2.45) is 5.10 Å². The van der Waals surface area contributed by atoms with E-state index in [0.29, 0.717) is 5.56 Å². The first-order valence-electron chi connectivity index (χ1n) is 8.42. The number of nitrogens with one attached hydrogen (secondary N) is 1. The number of hydrogen-bond acceptors (Lipinski definition) is 3. The zero-order valence-corrected chi connectivity index (χ0v) is 15.4. The molecule has 1 N–H and O–H groups in total. The number of nitrogens with zero attached hydrogens (tertiary/aromatic N) is 2. The van der Waals surface area contributed by atoms with Crippen LogP contribution in [0.3, 0.4) is 0 Å². The second-order valence-electron chi connectivity index (χ2n) is 6.07. The summed E-state index contributed by atoms with van der Waals surface area (Å²) in [6.45, 7) is 3.99. The molecule has 138 valence electrons. The Hall–Kier alpha value is -3.41. The summed E-state index contributed by atoms with van der Waals surface area (Å²) in [6.07, 6.45) is 1.60. The highest BCUT2D eigenvalue weighted by molar-refractivity contribution is 5.95. The number of rotatable bonds is 5. The fourth-order valence-electron chi connectivity index (χ4n) is 2.87. The molecule has 0 fully saturated rings. The van der Waals surface area contributed by atoms with E-state index >= 15 is 0 Å². The summed E-state index contributed by atoms with van der Waals surface area (Å²) in [5, 5.41) is 4.03. The van der Waals surface area contributed by atoms with Gasteiger partial charge in [-0.2, -0.15) is 5.10 Å². The number of carbonyl (C=O) groups excluding carboxylic acids is 1. The number of aromatic nitrogens is 1. The first kappa shape index (κ1) is 18.4. The van der Waals surface area contributed by atoms with Crippen molar-refractivity contribution in [3.05, 3.63) is 82.9 Å². The van der Waals surface area contributed by atoms with E-state index in [1.54, 1.807) is 13.3 Å². The van der Waals surface area contributed by atoms with Gasteiger partial charge in [0.15, 0.2) is 0 Å². The van der Waals surface area contributed by atoms with Gasteiger partial charge in [-0.05, 0) is 68.4 Å². The maximum absolute atomic E-state index is 12.9. The number of aryl methyl sites for hydroxylation is 1. The average molecular weight is 365 g/mol. The molecule has 0 bridgehead atoms. The third-order valence-corrected chi connectivity index (χ3v) is 4.28. The zero-order chi connectivity index (χ0) is 19.4. The summed E-state index contributed by atoms with van der Waals surface area (Å²) < 4.78 is 20.2. The number of benzene rings is 2. The predicted octanol–water partition coefficient (Wildman–Crippen LogP) is 4.01. The average Bonchev–Trinajstić information content (AvgIpc) is 2.96. The van der Waals surface area contributed by atoms with Gasteiger partial charge in [0.2, 0.25) is 0 Å². The van der Waals surface area contributed by atoms with Crippen LogP contribution in [-0.2, 0) is 0 Å². The van der Waals surface area contributed by atoms with Gasteiger partial charge in [-0.1, -0.05) is 0 Å². The Kier molecular flexibility index (Phi) is 5.35. The van der Waals surface area contributed by atoms with Crippen LogP contribution in [0.5, 0.6) is 5.75 Å². The van der Waals surface area contributed by atoms with Gasteiger partial charge in [0.1, 0.15) is 11.6 Å². The van der Waals surface area contributed by atoms with Crippen molar-refractivity contribution >= 4 is 12.1 Å². The molecule has 0 aliphatic carbocycles. The monoisotopic (exact) mass is 365 g/mol. The lowest BCUT2D eigenvalue weighted by atomic mass is 10.2. The van der Waals surface area contributed by atoms with E-state index in [9.17, 15) is 9.18 Å². The van der Waals surface area contributed by atoms with Crippen LogP contribution in [0, 0.1) is 19.7 Å². The van der Waals surface area contributed by atoms with Gasteiger partial charge in [-0.15, -0.1) is 0 Å². The lowest BCUT2D eigenvalue weighted by Crippen LogP contribution is -2.17. The molecule has 0 atom stereocenters. The number of halogens is 1. The maximum Gasteiger partial charge on any atom is 0.271 e. The molecule has 3 rings (SSSR count). The minimum atomic E-state index is -0.393. The van der Waals surface area contributed by atoms with Crippen LogP contribution < -0.4 is 10.2 Å². The van der Waals surface area contributed by atoms with Crippen LogP contribution in [-0.4, -0.2) is 23.8 Å². The van der Waals surface area contributed by atoms with Crippen LogP contribution in [0.1, 0.15) is 27.3 Å². The van der Waals surface area contributed by atoms with Crippen molar-refractivity contribution in [2.45, 2.75) is 13.8 Å². The molecule has 1 amide bonds. The molecule has 2 aromatic carbocycles. The topological polar surface area (TPSA) is 55.6 Å². The van der Waals surface area contributed by atoms with E-state index in [-0.39, 0.29) is 5.82 Å². The van der Waals surface area contributed by atoms with E-state index in [2.05, 4.69) is 15.1 Å². The van der Waals surface area contributed by atoms with Gasteiger partial charge in [0.25, 0.3) is 5.91 Å². The van der Waals surface area contributed by atoms with E-state index in [0.717, 1.165) is 28.4 Å². The van der Waals surface area contributed by atoms with Gasteiger partial charge in [-0.25, -0.2) is 9.82 Å². The molecule has 1 heterocycles. The molecule has 1 aromatic heterocycles. The number of methoxy groups -OCH3 is 1. The minimum Gasteiger partial charge on any atom is -0.497 e. The molecule has 3 aromatic rings. The molecule has 0 saturated heterocycles. The lowest BCUT2D eigenvalue weighted by molar-refractivity contribution is 0.0955. The first-order valence-corrected chi connectivity index (χ1v) is 8.42. The van der Waals surface area contributed by atoms with Crippen molar-refractivity contribution in [2.75, 3.05) is 7.11 Å². The molecule has 0 unspecified atom stereocenters. The number of amides is 1. The first-order chi connectivity index (χ1) is 13.0. The third-order valence-electron chi connectivity index (χ3n) is 4.28. The van der Waals surface area contributed by atoms with E-state index in [1.807, 2.05) is 44.2 Å². The van der Waals surface area contributed by atoms with Crippen molar-refractivity contribution in [3.63, 3.8) is 0 Å². The SMILES string of the molecule is COc1ccc(-n2c(C)cc(/C=N\NC(=O)c3ccc(F)cc3)c2C)cc1. The standard InChI is InChI=1S/C21H20FN3O2/c1-14-12-17(13-23-24-21(26)16-4-6-18(22)7-5-16)15(2)25(14)19-8-10-20(27-3)11-9-19/h4-13H,1-3H3,(H,24,26)/b23-13-. The van der Waals surface area contributed by atoms with Crippen LogP contribution in [0.25, 0.3) is 5.69 Å². The lowest BCUT2D eigenvalue weighted by Gasteiger charge is -2.10. The molecular weight excluding hydrogens is 345 g/mol. The summed E-state index contributed by atoms with van der Waals surface area (Å²) in [5.74, 6) is 0.0164. The maximum atomic E-state index is 12.9. The molecule has 5 nitrogen and oxygen atoms in total. The van der Waals surface area contributed by atoms with Gasteiger partial charge in [0, 0.05) is 28.2 Å². The van der Waals surface area contributed by atoms with E-state index in [4.69, 9.17) is 4.74 Å². The fraction of sp³-hybridized carbons (Fsp3) is 0.143. The predicted molar refractivity (Wildman–Crippen MR) is 103 cm³/mol. The molecule has 0 spiro atoms. The minimum absolute atomic E-state index is 0.345. The Bertz CT molecular complexity index is 974. The Morgan fingerprint density at radius 3 is 2.41 bits per heavy atom. The third kappa shape index (κ3) is 4.06. The molecule has 0 radical (unpaired) electrons. The van der Waals surface area contributed by atoms with Crippen LogP contribution in [0.4, 0.5) is 4.39 Å². The Morgan fingerprint density at radius 2 is 1.78 bits per heavy atom. The summed E-state index contributed by atoms with van der Waals surface area (Å²) in [7, 11) is 1.63. The summed E-state index contributed by atoms with van der Waals surface area (Å²) in [6, 6.07) is 15.1. The normalized spacial score (nSPS) is 11.0. The highest BCUT2D eigenvalue weighted by Crippen LogP contribution is 2.21. The zero-order valence-electron chi connectivity index (χ0n) is 15.4. The summed E-state index contributed by atoms with van der Waals surface area (Å²) >= 11 is 0. The number of hydrogen-bond donors (Lipinski definition) is 1. The fourth-order valence-corrected chi connectivity index (χ4v) is 2.87. The Morgan fingerprint density at radius 1 is 1.11 bits per heavy atom. The van der Waals surface area contributed by atoms with Crippen molar-refractivity contribution in [1.29, 1.82) is 0 Å². The molecule has 27 heavy (non-hydrogen) atoms. The summed E-state index contributed by atoms with van der Waals surface area (Å²) in [5.41, 5.74) is 6.75. The molecule has 6 heteroatoms. The van der Waals surface area contributed by atoms with Gasteiger partial charge >= 0.3 is 0 Å². The van der Waals surface area contributed by atoms with Gasteiger partial charge in [-0.3, -0.25) is 4.79 Å².